The minimum absolute atomic E-state index is 0.143. The minimum atomic E-state index is -4.13. The van der Waals surface area contributed by atoms with Crippen LogP contribution < -0.4 is 10.6 Å². The SMILES string of the molecule is CCNC(=NCC(C)CN1CCCC1)NCCC(F)(F)F. The van der Waals surface area contributed by atoms with E-state index in [4.69, 9.17) is 0 Å². The second-order valence-corrected chi connectivity index (χ2v) is 5.62. The van der Waals surface area contributed by atoms with E-state index in [0.717, 1.165) is 19.6 Å². The van der Waals surface area contributed by atoms with Gasteiger partial charge in [0.05, 0.1) is 6.42 Å². The molecule has 1 heterocycles. The fourth-order valence-electron chi connectivity index (χ4n) is 2.38. The maximum absolute atomic E-state index is 12.1. The number of nitrogens with one attached hydrogen (secondary N) is 2. The molecule has 0 saturated carbocycles. The lowest BCUT2D eigenvalue weighted by molar-refractivity contribution is -0.132. The number of guanidine groups is 1. The quantitative estimate of drug-likeness (QED) is 0.560. The lowest BCUT2D eigenvalue weighted by Crippen LogP contribution is -2.39. The first kappa shape index (κ1) is 18.1. The molecular weight excluding hydrogens is 281 g/mol. The Labute approximate surface area is 125 Å². The van der Waals surface area contributed by atoms with Crippen LogP contribution in [0.4, 0.5) is 13.2 Å². The van der Waals surface area contributed by atoms with Gasteiger partial charge in [-0.2, -0.15) is 13.2 Å². The third-order valence-electron chi connectivity index (χ3n) is 3.37. The number of likely N-dealkylation sites (tertiary alicyclic amines) is 1. The molecule has 0 amide bonds. The molecule has 0 aliphatic carbocycles. The maximum atomic E-state index is 12.1. The van der Waals surface area contributed by atoms with E-state index in [2.05, 4.69) is 27.4 Å². The third-order valence-corrected chi connectivity index (χ3v) is 3.37. The molecule has 4 nitrogen and oxygen atoms in total. The van der Waals surface area contributed by atoms with Crippen LogP contribution in [0.5, 0.6) is 0 Å². The van der Waals surface area contributed by atoms with Gasteiger partial charge in [0.2, 0.25) is 0 Å². The second kappa shape index (κ2) is 9.12. The van der Waals surface area contributed by atoms with E-state index in [1.165, 1.54) is 12.8 Å². The molecule has 0 aromatic heterocycles. The molecule has 1 unspecified atom stereocenters. The van der Waals surface area contributed by atoms with Gasteiger partial charge in [-0.25, -0.2) is 0 Å². The van der Waals surface area contributed by atoms with Crippen molar-refractivity contribution in [2.24, 2.45) is 10.9 Å². The van der Waals surface area contributed by atoms with Gasteiger partial charge in [0.15, 0.2) is 5.96 Å². The highest BCUT2D eigenvalue weighted by atomic mass is 19.4. The van der Waals surface area contributed by atoms with E-state index in [0.29, 0.717) is 25.0 Å². The zero-order valence-electron chi connectivity index (χ0n) is 13.0. The molecule has 0 aromatic rings. The van der Waals surface area contributed by atoms with E-state index >= 15 is 0 Å². The van der Waals surface area contributed by atoms with E-state index in [-0.39, 0.29) is 6.54 Å². The van der Waals surface area contributed by atoms with Crippen LogP contribution in [0.15, 0.2) is 4.99 Å². The molecule has 0 spiro atoms. The summed E-state index contributed by atoms with van der Waals surface area (Å²) in [5.74, 6) is 0.871. The molecule has 0 aromatic carbocycles. The summed E-state index contributed by atoms with van der Waals surface area (Å²) in [6.07, 6.45) is -2.45. The van der Waals surface area contributed by atoms with E-state index in [9.17, 15) is 13.2 Å². The van der Waals surface area contributed by atoms with Crippen LogP contribution in [-0.2, 0) is 0 Å². The molecule has 1 aliphatic rings. The molecule has 7 heteroatoms. The summed E-state index contributed by atoms with van der Waals surface area (Å²) in [5, 5.41) is 5.71. The average Bonchev–Trinajstić information content (AvgIpc) is 2.87. The van der Waals surface area contributed by atoms with E-state index in [1.807, 2.05) is 6.92 Å². The number of aliphatic imine (C=N–C) groups is 1. The Morgan fingerprint density at radius 2 is 1.90 bits per heavy atom. The third kappa shape index (κ3) is 8.80. The van der Waals surface area contributed by atoms with Crippen molar-refractivity contribution in [2.75, 3.05) is 39.3 Å². The van der Waals surface area contributed by atoms with Gasteiger partial charge in [-0.05, 0) is 38.8 Å². The van der Waals surface area contributed by atoms with Gasteiger partial charge in [-0.1, -0.05) is 6.92 Å². The highest BCUT2D eigenvalue weighted by Crippen LogP contribution is 2.18. The molecule has 124 valence electrons. The van der Waals surface area contributed by atoms with Crippen LogP contribution in [0.25, 0.3) is 0 Å². The summed E-state index contributed by atoms with van der Waals surface area (Å²) in [6, 6.07) is 0. The van der Waals surface area contributed by atoms with Gasteiger partial charge < -0.3 is 15.5 Å². The van der Waals surface area contributed by atoms with Gasteiger partial charge in [0.1, 0.15) is 0 Å². The summed E-state index contributed by atoms with van der Waals surface area (Å²) in [5.41, 5.74) is 0. The number of halogens is 3. The fraction of sp³-hybridized carbons (Fsp3) is 0.929. The van der Waals surface area contributed by atoms with Crippen molar-refractivity contribution in [3.8, 4) is 0 Å². The minimum Gasteiger partial charge on any atom is -0.357 e. The zero-order valence-corrected chi connectivity index (χ0v) is 13.0. The van der Waals surface area contributed by atoms with Gasteiger partial charge in [-0.3, -0.25) is 4.99 Å². The Morgan fingerprint density at radius 3 is 2.48 bits per heavy atom. The van der Waals surface area contributed by atoms with Crippen molar-refractivity contribution < 1.29 is 13.2 Å². The summed E-state index contributed by atoms with van der Waals surface area (Å²) in [6.45, 7) is 8.45. The summed E-state index contributed by atoms with van der Waals surface area (Å²) < 4.78 is 36.4. The normalized spacial score (nSPS) is 18.8. The Morgan fingerprint density at radius 1 is 1.24 bits per heavy atom. The van der Waals surface area contributed by atoms with Crippen molar-refractivity contribution in [3.05, 3.63) is 0 Å². The Bertz CT molecular complexity index is 312. The fourth-order valence-corrected chi connectivity index (χ4v) is 2.38. The highest BCUT2D eigenvalue weighted by molar-refractivity contribution is 5.79. The van der Waals surface area contributed by atoms with Gasteiger partial charge in [0.25, 0.3) is 0 Å². The summed E-state index contributed by atoms with van der Waals surface area (Å²) in [7, 11) is 0. The first-order valence-corrected chi connectivity index (χ1v) is 7.72. The van der Waals surface area contributed by atoms with Crippen molar-refractivity contribution in [1.29, 1.82) is 0 Å². The number of nitrogens with zero attached hydrogens (tertiary/aromatic N) is 2. The summed E-state index contributed by atoms with van der Waals surface area (Å²) in [4.78, 5) is 6.80. The van der Waals surface area contributed by atoms with E-state index < -0.39 is 12.6 Å². The zero-order chi connectivity index (χ0) is 15.7. The molecular formula is C14H27F3N4. The molecule has 1 fully saturated rings. The topological polar surface area (TPSA) is 39.7 Å². The lowest BCUT2D eigenvalue weighted by atomic mass is 10.2. The monoisotopic (exact) mass is 308 g/mol. The molecule has 1 aliphatic heterocycles. The average molecular weight is 308 g/mol. The van der Waals surface area contributed by atoms with Crippen molar-refractivity contribution in [3.63, 3.8) is 0 Å². The predicted molar refractivity (Wildman–Crippen MR) is 79.5 cm³/mol. The first-order valence-electron chi connectivity index (χ1n) is 7.72. The van der Waals surface area contributed by atoms with Crippen LogP contribution >= 0.6 is 0 Å². The molecule has 2 N–H and O–H groups in total. The van der Waals surface area contributed by atoms with Gasteiger partial charge in [-0.15, -0.1) is 0 Å². The molecule has 0 radical (unpaired) electrons. The predicted octanol–water partition coefficient (Wildman–Crippen LogP) is 2.23. The standard InChI is InChI=1S/C14H27F3N4/c1-3-18-13(19-7-6-14(15,16)17)20-10-12(2)11-21-8-4-5-9-21/h12H,3-11H2,1-2H3,(H2,18,19,20). The molecule has 21 heavy (non-hydrogen) atoms. The maximum Gasteiger partial charge on any atom is 0.390 e. The smallest absolute Gasteiger partial charge is 0.357 e. The van der Waals surface area contributed by atoms with Crippen LogP contribution in [0, 0.1) is 5.92 Å². The molecule has 1 saturated heterocycles. The Hall–Kier alpha value is -0.980. The number of alkyl halides is 3. The molecule has 1 atom stereocenters. The van der Waals surface area contributed by atoms with Crippen molar-refractivity contribution in [1.82, 2.24) is 15.5 Å². The van der Waals surface area contributed by atoms with Crippen molar-refractivity contribution in [2.45, 2.75) is 39.3 Å². The Kier molecular flexibility index (Phi) is 7.85. The van der Waals surface area contributed by atoms with Gasteiger partial charge >= 0.3 is 6.18 Å². The summed E-state index contributed by atoms with van der Waals surface area (Å²) >= 11 is 0. The number of hydrogen-bond donors (Lipinski definition) is 2. The number of rotatable bonds is 7. The van der Waals surface area contributed by atoms with Crippen LogP contribution in [-0.4, -0.2) is 56.3 Å². The van der Waals surface area contributed by atoms with Crippen LogP contribution in [0.1, 0.15) is 33.1 Å². The van der Waals surface area contributed by atoms with E-state index in [1.54, 1.807) is 0 Å². The molecule has 1 rings (SSSR count). The van der Waals surface area contributed by atoms with Gasteiger partial charge in [0, 0.05) is 26.2 Å². The largest absolute Gasteiger partial charge is 0.390 e. The van der Waals surface area contributed by atoms with Crippen LogP contribution in [0.3, 0.4) is 0 Å². The first-order chi connectivity index (χ1) is 9.90. The number of hydrogen-bond acceptors (Lipinski definition) is 2. The molecule has 0 bridgehead atoms. The van der Waals surface area contributed by atoms with Crippen LogP contribution in [0.2, 0.25) is 0 Å². The highest BCUT2D eigenvalue weighted by Gasteiger charge is 2.26. The lowest BCUT2D eigenvalue weighted by Gasteiger charge is -2.19. The Balaban J connectivity index is 2.31. The second-order valence-electron chi connectivity index (χ2n) is 5.62. The van der Waals surface area contributed by atoms with Crippen molar-refractivity contribution >= 4 is 5.96 Å².